The number of amides is 1. The molecule has 2 heterocycles. The third-order valence-corrected chi connectivity index (χ3v) is 3.59. The Morgan fingerprint density at radius 1 is 1.35 bits per heavy atom. The van der Waals surface area contributed by atoms with Gasteiger partial charge in [-0.05, 0) is 24.3 Å². The maximum atomic E-state index is 11.8. The number of hydrogen-bond donors (Lipinski definition) is 0. The van der Waals surface area contributed by atoms with Crippen LogP contribution in [0, 0.1) is 0 Å². The molecule has 0 spiro atoms. The van der Waals surface area contributed by atoms with Crippen LogP contribution in [0.4, 0.5) is 5.69 Å². The van der Waals surface area contributed by atoms with Gasteiger partial charge < -0.3 is 4.90 Å². The molecular formula is C13H11BrN2O. The average Bonchev–Trinajstić information content (AvgIpc) is 2.68. The van der Waals surface area contributed by atoms with Gasteiger partial charge in [0, 0.05) is 35.1 Å². The van der Waals surface area contributed by atoms with E-state index in [-0.39, 0.29) is 10.7 Å². The van der Waals surface area contributed by atoms with Crippen molar-refractivity contribution in [1.29, 1.82) is 0 Å². The fourth-order valence-electron chi connectivity index (χ4n) is 2.14. The van der Waals surface area contributed by atoms with Crippen molar-refractivity contribution < 1.29 is 4.79 Å². The van der Waals surface area contributed by atoms with Gasteiger partial charge >= 0.3 is 0 Å². The Bertz CT molecular complexity index is 584. The lowest BCUT2D eigenvalue weighted by Crippen LogP contribution is -2.24. The zero-order valence-electron chi connectivity index (χ0n) is 9.14. The van der Waals surface area contributed by atoms with Crippen LogP contribution >= 0.6 is 15.9 Å². The fourth-order valence-corrected chi connectivity index (χ4v) is 2.71. The predicted molar refractivity (Wildman–Crippen MR) is 71.4 cm³/mol. The molecule has 1 saturated heterocycles. The molecule has 3 rings (SSSR count). The summed E-state index contributed by atoms with van der Waals surface area (Å²) >= 11 is 3.49. The minimum atomic E-state index is 0.176. The normalized spacial score (nSPS) is 20.2. The number of rotatable bonds is 1. The van der Waals surface area contributed by atoms with E-state index in [4.69, 9.17) is 0 Å². The molecule has 2 aromatic rings. The van der Waals surface area contributed by atoms with Gasteiger partial charge in [0.2, 0.25) is 5.91 Å². The Kier molecular flexibility index (Phi) is 2.59. The summed E-state index contributed by atoms with van der Waals surface area (Å²) < 4.78 is 0. The van der Waals surface area contributed by atoms with Gasteiger partial charge in [-0.1, -0.05) is 22.0 Å². The molecule has 86 valence electrons. The smallest absolute Gasteiger partial charge is 0.228 e. The fraction of sp³-hybridized carbons (Fsp3) is 0.231. The lowest BCUT2D eigenvalue weighted by molar-refractivity contribution is -0.117. The first kappa shape index (κ1) is 10.7. The van der Waals surface area contributed by atoms with E-state index in [1.165, 1.54) is 0 Å². The third-order valence-electron chi connectivity index (χ3n) is 2.98. The molecule has 1 atom stereocenters. The van der Waals surface area contributed by atoms with E-state index in [1.54, 1.807) is 6.20 Å². The Morgan fingerprint density at radius 3 is 3.00 bits per heavy atom. The van der Waals surface area contributed by atoms with Crippen molar-refractivity contribution in [2.75, 3.05) is 11.4 Å². The number of carbonyl (C=O) groups is 1. The van der Waals surface area contributed by atoms with Gasteiger partial charge in [-0.2, -0.15) is 0 Å². The van der Waals surface area contributed by atoms with Gasteiger partial charge in [-0.15, -0.1) is 0 Å². The minimum absolute atomic E-state index is 0.176. The summed E-state index contributed by atoms with van der Waals surface area (Å²) in [7, 11) is 0. The van der Waals surface area contributed by atoms with Gasteiger partial charge in [-0.25, -0.2) is 0 Å². The van der Waals surface area contributed by atoms with E-state index in [1.807, 2.05) is 35.2 Å². The summed E-state index contributed by atoms with van der Waals surface area (Å²) in [5.41, 5.74) is 1.91. The number of pyridine rings is 1. The second-order valence-electron chi connectivity index (χ2n) is 4.19. The number of nitrogens with zero attached hydrogens (tertiary/aromatic N) is 2. The van der Waals surface area contributed by atoms with Crippen LogP contribution < -0.4 is 4.90 Å². The van der Waals surface area contributed by atoms with E-state index < -0.39 is 0 Å². The Hall–Kier alpha value is -1.42. The van der Waals surface area contributed by atoms with Gasteiger partial charge in [0.05, 0.1) is 5.52 Å². The largest absolute Gasteiger partial charge is 0.311 e. The third kappa shape index (κ3) is 1.93. The summed E-state index contributed by atoms with van der Waals surface area (Å²) in [6, 6.07) is 9.85. The lowest BCUT2D eigenvalue weighted by Gasteiger charge is -2.16. The Labute approximate surface area is 108 Å². The van der Waals surface area contributed by atoms with Crippen LogP contribution in [-0.2, 0) is 4.79 Å². The molecule has 0 saturated carbocycles. The topological polar surface area (TPSA) is 33.2 Å². The quantitative estimate of drug-likeness (QED) is 0.757. The van der Waals surface area contributed by atoms with Gasteiger partial charge in [0.1, 0.15) is 0 Å². The number of aromatic nitrogens is 1. The van der Waals surface area contributed by atoms with Crippen molar-refractivity contribution >= 4 is 38.4 Å². The second-order valence-corrected chi connectivity index (χ2v) is 5.48. The van der Waals surface area contributed by atoms with E-state index in [9.17, 15) is 4.79 Å². The van der Waals surface area contributed by atoms with Gasteiger partial charge in [-0.3, -0.25) is 9.78 Å². The van der Waals surface area contributed by atoms with Crippen molar-refractivity contribution in [3.63, 3.8) is 0 Å². The molecule has 1 aliphatic heterocycles. The first-order valence-electron chi connectivity index (χ1n) is 5.53. The molecule has 1 amide bonds. The molecule has 4 heteroatoms. The molecule has 1 aliphatic rings. The SMILES string of the molecule is O=C1CC(Br)CN1c1ccc2ncccc2c1. The van der Waals surface area contributed by atoms with E-state index in [0.29, 0.717) is 6.42 Å². The van der Waals surface area contributed by atoms with Crippen LogP contribution in [0.2, 0.25) is 0 Å². The molecule has 0 aliphatic carbocycles. The summed E-state index contributed by atoms with van der Waals surface area (Å²) in [4.78, 5) is 18.2. The number of halogens is 1. The monoisotopic (exact) mass is 290 g/mol. The number of hydrogen-bond acceptors (Lipinski definition) is 2. The molecule has 17 heavy (non-hydrogen) atoms. The van der Waals surface area contributed by atoms with Crippen LogP contribution in [0.15, 0.2) is 36.5 Å². The summed E-state index contributed by atoms with van der Waals surface area (Å²) in [6.45, 7) is 0.741. The van der Waals surface area contributed by atoms with E-state index in [0.717, 1.165) is 23.1 Å². The van der Waals surface area contributed by atoms with Crippen LogP contribution in [0.5, 0.6) is 0 Å². The van der Waals surface area contributed by atoms with Crippen molar-refractivity contribution in [2.24, 2.45) is 0 Å². The molecule has 1 aromatic carbocycles. The zero-order chi connectivity index (χ0) is 11.8. The maximum Gasteiger partial charge on any atom is 0.228 e. The molecule has 0 radical (unpaired) electrons. The highest BCUT2D eigenvalue weighted by Crippen LogP contribution is 2.27. The van der Waals surface area contributed by atoms with Crippen LogP contribution in [0.3, 0.4) is 0 Å². The average molecular weight is 291 g/mol. The molecule has 1 unspecified atom stereocenters. The first-order valence-corrected chi connectivity index (χ1v) is 6.45. The summed E-state index contributed by atoms with van der Waals surface area (Å²) in [5.74, 6) is 0.176. The molecule has 1 aromatic heterocycles. The number of alkyl halides is 1. The van der Waals surface area contributed by atoms with E-state index >= 15 is 0 Å². The van der Waals surface area contributed by atoms with Gasteiger partial charge in [0.25, 0.3) is 0 Å². The van der Waals surface area contributed by atoms with Crippen LogP contribution in [0.1, 0.15) is 6.42 Å². The highest BCUT2D eigenvalue weighted by molar-refractivity contribution is 9.09. The molecule has 3 nitrogen and oxygen atoms in total. The highest BCUT2D eigenvalue weighted by atomic mass is 79.9. The van der Waals surface area contributed by atoms with Crippen molar-refractivity contribution in [2.45, 2.75) is 11.2 Å². The summed E-state index contributed by atoms with van der Waals surface area (Å²) in [6.07, 6.45) is 2.35. The highest BCUT2D eigenvalue weighted by Gasteiger charge is 2.28. The van der Waals surface area contributed by atoms with Crippen LogP contribution in [-0.4, -0.2) is 22.3 Å². The van der Waals surface area contributed by atoms with Gasteiger partial charge in [0.15, 0.2) is 0 Å². The lowest BCUT2D eigenvalue weighted by atomic mass is 10.2. The van der Waals surface area contributed by atoms with Crippen molar-refractivity contribution in [3.05, 3.63) is 36.5 Å². The van der Waals surface area contributed by atoms with E-state index in [2.05, 4.69) is 20.9 Å². The van der Waals surface area contributed by atoms with Crippen LogP contribution in [0.25, 0.3) is 10.9 Å². The summed E-state index contributed by atoms with van der Waals surface area (Å²) in [5, 5.41) is 1.07. The molecule has 1 fully saturated rings. The molecule has 0 N–H and O–H groups in total. The number of carbonyl (C=O) groups excluding carboxylic acids is 1. The minimum Gasteiger partial charge on any atom is -0.311 e. The second kappa shape index (κ2) is 4.11. The number of fused-ring (bicyclic) bond motifs is 1. The molecule has 0 bridgehead atoms. The number of anilines is 1. The zero-order valence-corrected chi connectivity index (χ0v) is 10.7. The molecular weight excluding hydrogens is 280 g/mol. The first-order chi connectivity index (χ1) is 8.24. The standard InChI is InChI=1S/C13H11BrN2O/c14-10-7-13(17)16(8-10)11-3-4-12-9(6-11)2-1-5-15-12/h1-6,10H,7-8H2. The Morgan fingerprint density at radius 2 is 2.24 bits per heavy atom. The Balaban J connectivity index is 2.03. The van der Waals surface area contributed by atoms with Crippen molar-refractivity contribution in [3.8, 4) is 0 Å². The predicted octanol–water partition coefficient (Wildman–Crippen LogP) is 2.74. The maximum absolute atomic E-state index is 11.8. The van der Waals surface area contributed by atoms with Crippen molar-refractivity contribution in [1.82, 2.24) is 4.98 Å². The number of benzene rings is 1.